The molecule has 2 aliphatic carbocycles. The maximum Gasteiger partial charge on any atom is -0.0233 e. The Morgan fingerprint density at radius 3 is 2.05 bits per heavy atom. The second kappa shape index (κ2) is 11.3. The molecule has 2 saturated carbocycles. The van der Waals surface area contributed by atoms with Crippen LogP contribution in [0, 0.1) is 17.8 Å². The second-order valence-corrected chi connectivity index (χ2v) is 8.06. The average molecular weight is 305 g/mol. The normalized spacial score (nSPS) is 27.5. The molecule has 2 fully saturated rings. The lowest BCUT2D eigenvalue weighted by atomic mass is 9.71. The monoisotopic (exact) mass is 304 g/mol. The fourth-order valence-electron chi connectivity index (χ4n) is 4.75. The molecule has 0 heterocycles. The van der Waals surface area contributed by atoms with Gasteiger partial charge in [0.05, 0.1) is 0 Å². The summed E-state index contributed by atoms with van der Waals surface area (Å²) in [4.78, 5) is 0. The van der Waals surface area contributed by atoms with Crippen molar-refractivity contribution in [2.75, 3.05) is 0 Å². The van der Waals surface area contributed by atoms with E-state index in [2.05, 4.69) is 19.1 Å². The summed E-state index contributed by atoms with van der Waals surface area (Å²) in [7, 11) is 0. The Hall–Kier alpha value is -0.260. The number of hydrogen-bond acceptors (Lipinski definition) is 0. The first-order valence-electron chi connectivity index (χ1n) is 10.6. The molecule has 0 amide bonds. The first-order chi connectivity index (χ1) is 10.9. The molecule has 0 bridgehead atoms. The van der Waals surface area contributed by atoms with Gasteiger partial charge in [-0.25, -0.2) is 0 Å². The molecule has 0 spiro atoms. The van der Waals surface area contributed by atoms with E-state index in [9.17, 15) is 0 Å². The van der Waals surface area contributed by atoms with Crippen LogP contribution in [-0.2, 0) is 0 Å². The third-order valence-electron chi connectivity index (χ3n) is 6.27. The van der Waals surface area contributed by atoms with Gasteiger partial charge in [-0.05, 0) is 56.3 Å². The third kappa shape index (κ3) is 6.88. The molecule has 2 aliphatic rings. The Morgan fingerprint density at radius 1 is 0.682 bits per heavy atom. The largest absolute Gasteiger partial charge is 0.0883 e. The summed E-state index contributed by atoms with van der Waals surface area (Å²) in [6, 6.07) is 0. The van der Waals surface area contributed by atoms with Crippen LogP contribution >= 0.6 is 0 Å². The zero-order chi connectivity index (χ0) is 15.5. The molecular formula is C22H40. The summed E-state index contributed by atoms with van der Waals surface area (Å²) in [6.07, 6.45) is 28.6. The van der Waals surface area contributed by atoms with Gasteiger partial charge in [-0.2, -0.15) is 0 Å². The minimum atomic E-state index is 0.917. The van der Waals surface area contributed by atoms with Crippen molar-refractivity contribution in [1.82, 2.24) is 0 Å². The lowest BCUT2D eigenvalue weighted by Gasteiger charge is -2.35. The van der Waals surface area contributed by atoms with Crippen molar-refractivity contribution in [1.29, 1.82) is 0 Å². The Morgan fingerprint density at radius 2 is 1.32 bits per heavy atom. The molecule has 0 aliphatic heterocycles. The van der Waals surface area contributed by atoms with Gasteiger partial charge in [0, 0.05) is 0 Å². The summed E-state index contributed by atoms with van der Waals surface area (Å²) < 4.78 is 0. The van der Waals surface area contributed by atoms with Crippen LogP contribution in [0.25, 0.3) is 0 Å². The van der Waals surface area contributed by atoms with Gasteiger partial charge >= 0.3 is 0 Å². The first kappa shape index (κ1) is 18.1. The van der Waals surface area contributed by atoms with E-state index in [1.165, 1.54) is 89.9 Å². The number of rotatable bonds is 9. The van der Waals surface area contributed by atoms with Crippen LogP contribution in [-0.4, -0.2) is 0 Å². The van der Waals surface area contributed by atoms with Gasteiger partial charge < -0.3 is 0 Å². The molecule has 0 saturated heterocycles. The van der Waals surface area contributed by atoms with Gasteiger partial charge in [0.25, 0.3) is 0 Å². The van der Waals surface area contributed by atoms with E-state index in [-0.39, 0.29) is 0 Å². The van der Waals surface area contributed by atoms with Gasteiger partial charge in [0.15, 0.2) is 0 Å². The van der Waals surface area contributed by atoms with Crippen molar-refractivity contribution >= 4 is 0 Å². The highest BCUT2D eigenvalue weighted by atomic mass is 14.3. The van der Waals surface area contributed by atoms with E-state index in [4.69, 9.17) is 0 Å². The smallest absolute Gasteiger partial charge is 0.0233 e. The standard InChI is InChI=1S/C22H40/c1-2-3-4-5-6-7-8-10-13-20-16-18-22(19-17-20)21-14-11-9-12-15-21/h10,13,20-22H,2-9,11-12,14-19H2,1H3/b13-10+/t20-,22-. The molecule has 0 N–H and O–H groups in total. The van der Waals surface area contributed by atoms with Crippen LogP contribution in [0.15, 0.2) is 12.2 Å². The molecule has 2 rings (SSSR count). The van der Waals surface area contributed by atoms with Gasteiger partial charge in [0.2, 0.25) is 0 Å². The molecule has 0 heteroatoms. The molecule has 0 nitrogen and oxygen atoms in total. The van der Waals surface area contributed by atoms with Crippen LogP contribution in [0.2, 0.25) is 0 Å². The van der Waals surface area contributed by atoms with Gasteiger partial charge in [0.1, 0.15) is 0 Å². The van der Waals surface area contributed by atoms with Crippen molar-refractivity contribution in [2.45, 2.75) is 110 Å². The van der Waals surface area contributed by atoms with Crippen LogP contribution in [0.4, 0.5) is 0 Å². The van der Waals surface area contributed by atoms with Crippen molar-refractivity contribution in [2.24, 2.45) is 17.8 Å². The lowest BCUT2D eigenvalue weighted by Crippen LogP contribution is -2.23. The van der Waals surface area contributed by atoms with Crippen LogP contribution in [0.1, 0.15) is 110 Å². The average Bonchev–Trinajstić information content (AvgIpc) is 2.59. The summed E-state index contributed by atoms with van der Waals surface area (Å²) >= 11 is 0. The van der Waals surface area contributed by atoms with E-state index >= 15 is 0 Å². The predicted octanol–water partition coefficient (Wildman–Crippen LogP) is 7.68. The SMILES string of the molecule is CCCCCCCC/C=C/[C@H]1CC[C@H](C2CCCCC2)CC1. The number of unbranched alkanes of at least 4 members (excludes halogenated alkanes) is 6. The maximum atomic E-state index is 2.57. The third-order valence-corrected chi connectivity index (χ3v) is 6.27. The summed E-state index contributed by atoms with van der Waals surface area (Å²) in [5.41, 5.74) is 0. The molecule has 0 atom stereocenters. The van der Waals surface area contributed by atoms with Crippen molar-refractivity contribution in [3.63, 3.8) is 0 Å². The van der Waals surface area contributed by atoms with E-state index in [0.717, 1.165) is 17.8 Å². The Kier molecular flexibility index (Phi) is 9.29. The fraction of sp³-hybridized carbons (Fsp3) is 0.909. The van der Waals surface area contributed by atoms with Crippen LogP contribution < -0.4 is 0 Å². The van der Waals surface area contributed by atoms with Crippen molar-refractivity contribution in [3.05, 3.63) is 12.2 Å². The Balaban J connectivity index is 1.50. The number of allylic oxidation sites excluding steroid dienone is 2. The summed E-state index contributed by atoms with van der Waals surface area (Å²) in [5, 5.41) is 0. The van der Waals surface area contributed by atoms with Crippen molar-refractivity contribution in [3.8, 4) is 0 Å². The van der Waals surface area contributed by atoms with E-state index in [1.807, 2.05) is 0 Å². The van der Waals surface area contributed by atoms with E-state index in [1.54, 1.807) is 12.8 Å². The zero-order valence-corrected chi connectivity index (χ0v) is 15.2. The molecular weight excluding hydrogens is 264 g/mol. The Labute approximate surface area is 140 Å². The molecule has 0 radical (unpaired) electrons. The molecule has 0 aromatic heterocycles. The second-order valence-electron chi connectivity index (χ2n) is 8.06. The lowest BCUT2D eigenvalue weighted by molar-refractivity contribution is 0.180. The van der Waals surface area contributed by atoms with Gasteiger partial charge in [-0.15, -0.1) is 0 Å². The molecule has 128 valence electrons. The highest BCUT2D eigenvalue weighted by molar-refractivity contribution is 4.92. The van der Waals surface area contributed by atoms with Gasteiger partial charge in [-0.3, -0.25) is 0 Å². The molecule has 0 unspecified atom stereocenters. The van der Waals surface area contributed by atoms with Crippen molar-refractivity contribution < 1.29 is 0 Å². The fourth-order valence-corrected chi connectivity index (χ4v) is 4.75. The van der Waals surface area contributed by atoms with Crippen LogP contribution in [0.5, 0.6) is 0 Å². The van der Waals surface area contributed by atoms with Gasteiger partial charge in [-0.1, -0.05) is 83.3 Å². The summed E-state index contributed by atoms with van der Waals surface area (Å²) in [6.45, 7) is 2.30. The molecule has 22 heavy (non-hydrogen) atoms. The highest BCUT2D eigenvalue weighted by Crippen LogP contribution is 2.40. The quantitative estimate of drug-likeness (QED) is 0.302. The highest BCUT2D eigenvalue weighted by Gasteiger charge is 2.27. The van der Waals surface area contributed by atoms with E-state index in [0.29, 0.717) is 0 Å². The topological polar surface area (TPSA) is 0 Å². The number of hydrogen-bond donors (Lipinski definition) is 0. The first-order valence-corrected chi connectivity index (χ1v) is 10.6. The van der Waals surface area contributed by atoms with E-state index < -0.39 is 0 Å². The zero-order valence-electron chi connectivity index (χ0n) is 15.2. The van der Waals surface area contributed by atoms with Crippen LogP contribution in [0.3, 0.4) is 0 Å². The molecule has 0 aromatic carbocycles. The summed E-state index contributed by atoms with van der Waals surface area (Å²) in [5.74, 6) is 3.10. The predicted molar refractivity (Wildman–Crippen MR) is 99.2 cm³/mol. The maximum absolute atomic E-state index is 2.57. The minimum absolute atomic E-state index is 0.917. The molecule has 0 aromatic rings. The Bertz CT molecular complexity index is 276. The minimum Gasteiger partial charge on any atom is -0.0883 e.